The number of rotatable bonds is 11. The molecule has 0 saturated carbocycles. The fraction of sp³-hybridized carbons (Fsp3) is 0.933. The van der Waals surface area contributed by atoms with E-state index in [1.807, 2.05) is 0 Å². The molecular formula is C15H37NO5Si3. The van der Waals surface area contributed by atoms with Crippen LogP contribution in [0.3, 0.4) is 0 Å². The predicted octanol–water partition coefficient (Wildman–Crippen LogP) is 3.62. The lowest BCUT2D eigenvalue weighted by Gasteiger charge is -2.38. The molecule has 2 N–H and O–H groups in total. The van der Waals surface area contributed by atoms with Gasteiger partial charge in [-0.2, -0.15) is 0 Å². The zero-order valence-electron chi connectivity index (χ0n) is 16.9. The Labute approximate surface area is 150 Å². The molecule has 0 radical (unpaired) electrons. The molecule has 0 heterocycles. The molecule has 1 amide bonds. The fourth-order valence-electron chi connectivity index (χ4n) is 1.58. The summed E-state index contributed by atoms with van der Waals surface area (Å²) < 4.78 is 23.6. The van der Waals surface area contributed by atoms with Gasteiger partial charge in [-0.3, -0.25) is 0 Å². The second kappa shape index (κ2) is 8.95. The van der Waals surface area contributed by atoms with Crippen LogP contribution in [0.15, 0.2) is 0 Å². The van der Waals surface area contributed by atoms with Gasteiger partial charge >= 0.3 is 6.09 Å². The van der Waals surface area contributed by atoms with Gasteiger partial charge in [-0.15, -0.1) is 0 Å². The Hall–Kier alpha value is -0.199. The highest BCUT2D eigenvalue weighted by molar-refractivity contribution is 6.70. The molecule has 0 unspecified atom stereocenters. The molecule has 9 heteroatoms. The van der Waals surface area contributed by atoms with E-state index in [9.17, 15) is 4.79 Å². The van der Waals surface area contributed by atoms with Crippen LogP contribution in [0.4, 0.5) is 4.79 Å². The van der Waals surface area contributed by atoms with Gasteiger partial charge in [0.2, 0.25) is 0 Å². The molecule has 0 fully saturated rings. The zero-order valence-corrected chi connectivity index (χ0v) is 19.9. The SMILES string of the molecule is C[Si](C)(C)OCC(COC(N)=O)(CO[Si](C)(C)C)CO[Si](C)(C)C. The average molecular weight is 396 g/mol. The van der Waals surface area contributed by atoms with E-state index in [2.05, 4.69) is 58.9 Å². The van der Waals surface area contributed by atoms with Crippen LogP contribution in [0.2, 0.25) is 58.9 Å². The number of ether oxygens (including phenoxy) is 1. The lowest BCUT2D eigenvalue weighted by atomic mass is 9.93. The van der Waals surface area contributed by atoms with E-state index >= 15 is 0 Å². The first-order valence-corrected chi connectivity index (χ1v) is 18.6. The molecule has 0 spiro atoms. The van der Waals surface area contributed by atoms with Crippen LogP contribution in [-0.2, 0) is 18.0 Å². The van der Waals surface area contributed by atoms with Gasteiger partial charge < -0.3 is 23.7 Å². The molecule has 144 valence electrons. The minimum atomic E-state index is -1.73. The Balaban J connectivity index is 5.31. The number of nitrogens with two attached hydrogens (primary N) is 1. The predicted molar refractivity (Wildman–Crippen MR) is 106 cm³/mol. The molecule has 0 aromatic carbocycles. The van der Waals surface area contributed by atoms with Gasteiger partial charge in [-0.25, -0.2) is 4.79 Å². The topological polar surface area (TPSA) is 80.0 Å². The summed E-state index contributed by atoms with van der Waals surface area (Å²) >= 11 is 0. The van der Waals surface area contributed by atoms with Gasteiger partial charge in [0.1, 0.15) is 6.61 Å². The molecular weight excluding hydrogens is 358 g/mol. The van der Waals surface area contributed by atoms with Crippen molar-refractivity contribution in [2.24, 2.45) is 11.1 Å². The van der Waals surface area contributed by atoms with Crippen LogP contribution in [0.5, 0.6) is 0 Å². The summed E-state index contributed by atoms with van der Waals surface area (Å²) in [5, 5.41) is 0. The van der Waals surface area contributed by atoms with Crippen LogP contribution in [0.25, 0.3) is 0 Å². The second-order valence-corrected chi connectivity index (χ2v) is 22.9. The number of carbonyl (C=O) groups is 1. The van der Waals surface area contributed by atoms with Crippen LogP contribution in [0, 0.1) is 5.41 Å². The van der Waals surface area contributed by atoms with Crippen molar-refractivity contribution in [3.05, 3.63) is 0 Å². The summed E-state index contributed by atoms with van der Waals surface area (Å²) in [6.07, 6.45) is -0.784. The third-order valence-corrected chi connectivity index (χ3v) is 5.99. The Bertz CT molecular complexity index is 354. The maximum atomic E-state index is 11.2. The van der Waals surface area contributed by atoms with Gasteiger partial charge in [0.25, 0.3) is 0 Å². The largest absolute Gasteiger partial charge is 0.449 e. The van der Waals surface area contributed by atoms with Gasteiger partial charge in [-0.05, 0) is 58.9 Å². The molecule has 0 saturated heterocycles. The number of primary amides is 1. The van der Waals surface area contributed by atoms with E-state index in [4.69, 9.17) is 23.7 Å². The van der Waals surface area contributed by atoms with Gasteiger partial charge in [0, 0.05) is 19.8 Å². The summed E-state index contributed by atoms with van der Waals surface area (Å²) in [5.74, 6) is 0. The first-order chi connectivity index (χ1) is 10.5. The summed E-state index contributed by atoms with van der Waals surface area (Å²) in [6.45, 7) is 20.6. The normalized spacial score (nSPS) is 13.9. The molecule has 0 aromatic rings. The van der Waals surface area contributed by atoms with Gasteiger partial charge in [0.05, 0.1) is 5.41 Å². The van der Waals surface area contributed by atoms with Crippen molar-refractivity contribution >= 4 is 31.0 Å². The van der Waals surface area contributed by atoms with E-state index in [0.717, 1.165) is 0 Å². The van der Waals surface area contributed by atoms with E-state index in [0.29, 0.717) is 19.8 Å². The molecule has 0 aromatic heterocycles. The summed E-state index contributed by atoms with van der Waals surface area (Å²) in [7, 11) is -5.20. The van der Waals surface area contributed by atoms with E-state index in [1.54, 1.807) is 0 Å². The smallest absolute Gasteiger partial charge is 0.404 e. The van der Waals surface area contributed by atoms with Crippen molar-refractivity contribution in [2.75, 3.05) is 26.4 Å². The molecule has 24 heavy (non-hydrogen) atoms. The minimum absolute atomic E-state index is 0.141. The summed E-state index contributed by atoms with van der Waals surface area (Å²) in [5.41, 5.74) is 4.66. The third-order valence-electron chi connectivity index (χ3n) is 2.95. The lowest BCUT2D eigenvalue weighted by molar-refractivity contribution is -0.0217. The third kappa shape index (κ3) is 13.1. The molecule has 0 bridgehead atoms. The highest BCUT2D eigenvalue weighted by Crippen LogP contribution is 2.26. The maximum absolute atomic E-state index is 11.2. The number of hydrogen-bond donors (Lipinski definition) is 1. The quantitative estimate of drug-likeness (QED) is 0.540. The highest BCUT2D eigenvalue weighted by atomic mass is 28.4. The average Bonchev–Trinajstić information content (AvgIpc) is 2.34. The number of amides is 1. The highest BCUT2D eigenvalue weighted by Gasteiger charge is 2.38. The molecule has 6 nitrogen and oxygen atoms in total. The standard InChI is InChI=1S/C15H37NO5Si3/c1-22(2,3)19-11-15(10-18-14(16)17,12-20-23(4,5)6)13-21-24(7,8)9/h10-13H2,1-9H3,(H2,16,17). The van der Waals surface area contributed by atoms with E-state index in [-0.39, 0.29) is 6.61 Å². The number of carbonyl (C=O) groups excluding carboxylic acids is 1. The van der Waals surface area contributed by atoms with Crippen LogP contribution >= 0.6 is 0 Å². The fourth-order valence-corrected chi connectivity index (χ4v) is 3.80. The minimum Gasteiger partial charge on any atom is -0.449 e. The Morgan fingerprint density at radius 1 is 0.708 bits per heavy atom. The van der Waals surface area contributed by atoms with Crippen LogP contribution in [-0.4, -0.2) is 57.5 Å². The second-order valence-electron chi connectivity index (χ2n) is 9.31. The van der Waals surface area contributed by atoms with Crippen molar-refractivity contribution in [3.63, 3.8) is 0 Å². The zero-order chi connectivity index (χ0) is 19.2. The molecule has 0 atom stereocenters. The van der Waals surface area contributed by atoms with Gasteiger partial charge in [0.15, 0.2) is 25.0 Å². The van der Waals surface area contributed by atoms with Crippen molar-refractivity contribution in [1.29, 1.82) is 0 Å². The molecule has 0 aliphatic heterocycles. The molecule has 0 rings (SSSR count). The first kappa shape index (κ1) is 23.8. The van der Waals surface area contributed by atoms with Crippen molar-refractivity contribution in [3.8, 4) is 0 Å². The Morgan fingerprint density at radius 2 is 1.00 bits per heavy atom. The maximum Gasteiger partial charge on any atom is 0.404 e. The van der Waals surface area contributed by atoms with Crippen molar-refractivity contribution in [2.45, 2.75) is 58.9 Å². The van der Waals surface area contributed by atoms with E-state index < -0.39 is 36.5 Å². The number of hydrogen-bond acceptors (Lipinski definition) is 5. The van der Waals surface area contributed by atoms with Crippen molar-refractivity contribution in [1.82, 2.24) is 0 Å². The van der Waals surface area contributed by atoms with Crippen LogP contribution < -0.4 is 5.73 Å². The molecule has 0 aliphatic rings. The van der Waals surface area contributed by atoms with Crippen LogP contribution in [0.1, 0.15) is 0 Å². The van der Waals surface area contributed by atoms with Crippen molar-refractivity contribution < 1.29 is 22.8 Å². The summed E-state index contributed by atoms with van der Waals surface area (Å²) in [4.78, 5) is 11.2. The monoisotopic (exact) mass is 395 g/mol. The molecule has 0 aliphatic carbocycles. The summed E-state index contributed by atoms with van der Waals surface area (Å²) in [6, 6.07) is 0. The Morgan fingerprint density at radius 3 is 1.21 bits per heavy atom. The van der Waals surface area contributed by atoms with Gasteiger partial charge in [-0.1, -0.05) is 0 Å². The first-order valence-electron chi connectivity index (χ1n) is 8.38. The Kier molecular flexibility index (Phi) is 8.87. The lowest BCUT2D eigenvalue weighted by Crippen LogP contribution is -2.49. The van der Waals surface area contributed by atoms with E-state index in [1.165, 1.54) is 0 Å².